The molecule has 0 bridgehead atoms. The van der Waals surface area contributed by atoms with Crippen LogP contribution in [0.25, 0.3) is 0 Å². The summed E-state index contributed by atoms with van der Waals surface area (Å²) in [5, 5.41) is 11.8. The van der Waals surface area contributed by atoms with Crippen LogP contribution < -0.4 is 5.73 Å². The molecule has 0 amide bonds. The lowest BCUT2D eigenvalue weighted by Crippen LogP contribution is -2.29. The van der Waals surface area contributed by atoms with E-state index in [0.717, 1.165) is 12.1 Å². The van der Waals surface area contributed by atoms with Crippen LogP contribution in [0.3, 0.4) is 0 Å². The van der Waals surface area contributed by atoms with Crippen LogP contribution in [0.2, 0.25) is 0 Å². The standard InChI is InChI=1S/C10H16N6O/c1-4-9-12-8(14-17-9)6-16-5-7(13-15-16)10(2,3)11/h5H,4,6,11H2,1-3H3. The number of hydrogen-bond donors (Lipinski definition) is 1. The lowest BCUT2D eigenvalue weighted by molar-refractivity contribution is 0.374. The van der Waals surface area contributed by atoms with Gasteiger partial charge >= 0.3 is 0 Å². The van der Waals surface area contributed by atoms with Crippen molar-refractivity contribution in [1.29, 1.82) is 0 Å². The van der Waals surface area contributed by atoms with Crippen LogP contribution in [-0.4, -0.2) is 25.1 Å². The van der Waals surface area contributed by atoms with Gasteiger partial charge in [-0.3, -0.25) is 0 Å². The maximum atomic E-state index is 5.92. The summed E-state index contributed by atoms with van der Waals surface area (Å²) in [5.41, 5.74) is 6.16. The summed E-state index contributed by atoms with van der Waals surface area (Å²) >= 11 is 0. The van der Waals surface area contributed by atoms with Gasteiger partial charge in [0, 0.05) is 6.42 Å². The van der Waals surface area contributed by atoms with Crippen LogP contribution in [0.15, 0.2) is 10.7 Å². The molecule has 0 radical (unpaired) electrons. The van der Waals surface area contributed by atoms with Gasteiger partial charge in [-0.25, -0.2) is 4.68 Å². The molecule has 0 atom stereocenters. The maximum absolute atomic E-state index is 5.92. The second-order valence-corrected chi connectivity index (χ2v) is 4.48. The van der Waals surface area contributed by atoms with Crippen molar-refractivity contribution in [3.63, 3.8) is 0 Å². The number of nitrogens with zero attached hydrogens (tertiary/aromatic N) is 5. The first-order chi connectivity index (χ1) is 7.99. The maximum Gasteiger partial charge on any atom is 0.226 e. The van der Waals surface area contributed by atoms with E-state index in [9.17, 15) is 0 Å². The van der Waals surface area contributed by atoms with Crippen LogP contribution in [0.5, 0.6) is 0 Å². The Morgan fingerprint density at radius 3 is 2.76 bits per heavy atom. The normalized spacial score (nSPS) is 12.0. The van der Waals surface area contributed by atoms with Gasteiger partial charge in [-0.2, -0.15) is 4.98 Å². The minimum atomic E-state index is -0.496. The highest BCUT2D eigenvalue weighted by Crippen LogP contribution is 2.12. The van der Waals surface area contributed by atoms with E-state index in [1.807, 2.05) is 20.8 Å². The molecule has 2 aromatic heterocycles. The number of aryl methyl sites for hydroxylation is 1. The van der Waals surface area contributed by atoms with Crippen molar-refractivity contribution >= 4 is 0 Å². The predicted octanol–water partition coefficient (Wildman–Crippen LogP) is 0.466. The van der Waals surface area contributed by atoms with Gasteiger partial charge in [-0.05, 0) is 13.8 Å². The molecule has 2 N–H and O–H groups in total. The van der Waals surface area contributed by atoms with E-state index >= 15 is 0 Å². The molecular weight excluding hydrogens is 220 g/mol. The summed E-state index contributed by atoms with van der Waals surface area (Å²) in [7, 11) is 0. The minimum absolute atomic E-state index is 0.437. The fourth-order valence-electron chi connectivity index (χ4n) is 1.31. The van der Waals surface area contributed by atoms with Gasteiger partial charge in [-0.15, -0.1) is 5.10 Å². The first-order valence-corrected chi connectivity index (χ1v) is 5.50. The molecule has 0 aromatic carbocycles. The molecule has 0 saturated heterocycles. The van der Waals surface area contributed by atoms with Gasteiger partial charge in [-0.1, -0.05) is 17.3 Å². The van der Waals surface area contributed by atoms with Crippen molar-refractivity contribution in [1.82, 2.24) is 25.1 Å². The second kappa shape index (κ2) is 4.25. The summed E-state index contributed by atoms with van der Waals surface area (Å²) in [6, 6.07) is 0. The molecule has 0 aliphatic carbocycles. The second-order valence-electron chi connectivity index (χ2n) is 4.48. The molecule has 17 heavy (non-hydrogen) atoms. The van der Waals surface area contributed by atoms with Crippen molar-refractivity contribution in [3.8, 4) is 0 Å². The number of aromatic nitrogens is 5. The molecule has 0 aliphatic heterocycles. The molecule has 0 saturated carbocycles. The van der Waals surface area contributed by atoms with Gasteiger partial charge < -0.3 is 10.3 Å². The molecule has 0 unspecified atom stereocenters. The molecule has 2 rings (SSSR count). The summed E-state index contributed by atoms with van der Waals surface area (Å²) in [6.07, 6.45) is 2.52. The summed E-state index contributed by atoms with van der Waals surface area (Å²) < 4.78 is 6.66. The lowest BCUT2D eigenvalue weighted by Gasteiger charge is -2.13. The zero-order valence-corrected chi connectivity index (χ0v) is 10.2. The van der Waals surface area contributed by atoms with Gasteiger partial charge in [0.15, 0.2) is 5.82 Å². The third kappa shape index (κ3) is 2.68. The zero-order valence-electron chi connectivity index (χ0n) is 10.2. The Morgan fingerprint density at radius 2 is 2.24 bits per heavy atom. The molecule has 2 heterocycles. The van der Waals surface area contributed by atoms with E-state index in [1.54, 1.807) is 10.9 Å². The van der Waals surface area contributed by atoms with E-state index in [2.05, 4.69) is 20.5 Å². The largest absolute Gasteiger partial charge is 0.339 e. The Balaban J connectivity index is 2.11. The van der Waals surface area contributed by atoms with Crippen LogP contribution in [0.1, 0.15) is 38.2 Å². The fraction of sp³-hybridized carbons (Fsp3) is 0.600. The zero-order chi connectivity index (χ0) is 12.5. The van der Waals surface area contributed by atoms with E-state index in [-0.39, 0.29) is 0 Å². The van der Waals surface area contributed by atoms with Crippen molar-refractivity contribution in [2.75, 3.05) is 0 Å². The van der Waals surface area contributed by atoms with E-state index < -0.39 is 5.54 Å². The smallest absolute Gasteiger partial charge is 0.226 e. The first kappa shape index (κ1) is 11.7. The van der Waals surface area contributed by atoms with Gasteiger partial charge in [0.05, 0.1) is 11.7 Å². The summed E-state index contributed by atoms with van der Waals surface area (Å²) in [6.45, 7) is 6.16. The summed E-state index contributed by atoms with van der Waals surface area (Å²) in [4.78, 5) is 4.20. The highest BCUT2D eigenvalue weighted by Gasteiger charge is 2.18. The van der Waals surface area contributed by atoms with Crippen molar-refractivity contribution in [2.24, 2.45) is 5.73 Å². The van der Waals surface area contributed by atoms with E-state index in [1.165, 1.54) is 0 Å². The minimum Gasteiger partial charge on any atom is -0.339 e. The highest BCUT2D eigenvalue weighted by atomic mass is 16.5. The van der Waals surface area contributed by atoms with E-state index in [0.29, 0.717) is 18.3 Å². The topological polar surface area (TPSA) is 95.7 Å². The van der Waals surface area contributed by atoms with Crippen molar-refractivity contribution < 1.29 is 4.52 Å². The molecule has 0 spiro atoms. The Morgan fingerprint density at radius 1 is 1.47 bits per heavy atom. The third-order valence-corrected chi connectivity index (χ3v) is 2.31. The van der Waals surface area contributed by atoms with Crippen LogP contribution >= 0.6 is 0 Å². The summed E-state index contributed by atoms with van der Waals surface area (Å²) in [5.74, 6) is 1.22. The Kier molecular flexibility index (Phi) is 2.93. The number of hydrogen-bond acceptors (Lipinski definition) is 6. The van der Waals surface area contributed by atoms with Gasteiger partial charge in [0.25, 0.3) is 0 Å². The highest BCUT2D eigenvalue weighted by molar-refractivity contribution is 5.06. The molecule has 2 aromatic rings. The molecule has 7 heteroatoms. The molecule has 92 valence electrons. The van der Waals surface area contributed by atoms with E-state index in [4.69, 9.17) is 10.3 Å². The molecule has 7 nitrogen and oxygen atoms in total. The lowest BCUT2D eigenvalue weighted by atomic mass is 10.0. The predicted molar refractivity (Wildman–Crippen MR) is 60.0 cm³/mol. The van der Waals surface area contributed by atoms with Crippen molar-refractivity contribution in [3.05, 3.63) is 23.6 Å². The Labute approximate surface area is 99.0 Å². The SMILES string of the molecule is CCc1nc(Cn2cc(C(C)(C)N)nn2)no1. The molecule has 0 aliphatic rings. The first-order valence-electron chi connectivity index (χ1n) is 5.50. The fourth-order valence-corrected chi connectivity index (χ4v) is 1.31. The van der Waals surface area contributed by atoms with Gasteiger partial charge in [0.2, 0.25) is 5.89 Å². The van der Waals surface area contributed by atoms with Crippen LogP contribution in [0.4, 0.5) is 0 Å². The van der Waals surface area contributed by atoms with Crippen LogP contribution in [0, 0.1) is 0 Å². The van der Waals surface area contributed by atoms with Gasteiger partial charge in [0.1, 0.15) is 12.2 Å². The number of rotatable bonds is 4. The Hall–Kier alpha value is -1.76. The average Bonchev–Trinajstić information content (AvgIpc) is 2.86. The quantitative estimate of drug-likeness (QED) is 0.828. The van der Waals surface area contributed by atoms with Crippen LogP contribution in [-0.2, 0) is 18.5 Å². The molecular formula is C10H16N6O. The van der Waals surface area contributed by atoms with Crippen molar-refractivity contribution in [2.45, 2.75) is 39.3 Å². The monoisotopic (exact) mass is 236 g/mol. The molecule has 0 fully saturated rings. The number of nitrogens with two attached hydrogens (primary N) is 1. The average molecular weight is 236 g/mol. The Bertz CT molecular complexity index is 495. The third-order valence-electron chi connectivity index (χ3n) is 2.31.